The van der Waals surface area contributed by atoms with Crippen LogP contribution in [0, 0.1) is 0 Å². The molecule has 1 aliphatic carbocycles. The van der Waals surface area contributed by atoms with Gasteiger partial charge in [0.1, 0.15) is 0 Å². The predicted octanol–water partition coefficient (Wildman–Crippen LogP) is 0.564. The minimum Gasteiger partial charge on any atom is -0.290 e. The molecule has 1 aromatic rings. The van der Waals surface area contributed by atoms with Gasteiger partial charge >= 0.3 is 0 Å². The SMILES string of the molecule is O=C1Cc2ccccc2C(=O)C1=O. The molecule has 1 aromatic carbocycles. The van der Waals surface area contributed by atoms with Crippen molar-refractivity contribution in [2.75, 3.05) is 0 Å². The van der Waals surface area contributed by atoms with E-state index in [-0.39, 0.29) is 6.42 Å². The molecule has 2 rings (SSSR count). The Hall–Kier alpha value is -1.77. The number of hydrogen-bond donors (Lipinski definition) is 0. The van der Waals surface area contributed by atoms with Crippen LogP contribution >= 0.6 is 0 Å². The first-order chi connectivity index (χ1) is 6.20. The first-order valence-electron chi connectivity index (χ1n) is 3.90. The predicted molar refractivity (Wildman–Crippen MR) is 44.5 cm³/mol. The number of carbonyl (C=O) groups excluding carboxylic acids is 3. The summed E-state index contributed by atoms with van der Waals surface area (Å²) in [5.41, 5.74) is 1.02. The van der Waals surface area contributed by atoms with E-state index in [1.54, 1.807) is 24.3 Å². The number of hydrogen-bond acceptors (Lipinski definition) is 3. The second kappa shape index (κ2) is 2.62. The lowest BCUT2D eigenvalue weighted by molar-refractivity contribution is -0.133. The molecule has 0 saturated heterocycles. The van der Waals surface area contributed by atoms with Crippen LogP contribution in [0.4, 0.5) is 0 Å². The lowest BCUT2D eigenvalue weighted by Gasteiger charge is -2.11. The molecule has 0 fully saturated rings. The van der Waals surface area contributed by atoms with Crippen molar-refractivity contribution in [2.45, 2.75) is 6.42 Å². The van der Waals surface area contributed by atoms with E-state index in [0.717, 1.165) is 0 Å². The smallest absolute Gasteiger partial charge is 0.269 e. The highest BCUT2D eigenvalue weighted by Gasteiger charge is 2.31. The second-order valence-corrected chi connectivity index (χ2v) is 2.92. The van der Waals surface area contributed by atoms with Gasteiger partial charge in [-0.2, -0.15) is 0 Å². The molecule has 0 spiro atoms. The average Bonchev–Trinajstić information content (AvgIpc) is 2.15. The van der Waals surface area contributed by atoms with Crippen molar-refractivity contribution in [2.24, 2.45) is 0 Å². The lowest BCUT2D eigenvalue weighted by atomic mass is 9.89. The van der Waals surface area contributed by atoms with E-state index in [0.29, 0.717) is 11.1 Å². The molecule has 0 aliphatic heterocycles. The third-order valence-electron chi connectivity index (χ3n) is 2.07. The molecule has 0 atom stereocenters. The highest BCUT2D eigenvalue weighted by atomic mass is 16.2. The van der Waals surface area contributed by atoms with E-state index < -0.39 is 17.3 Å². The van der Waals surface area contributed by atoms with Crippen LogP contribution in [0.5, 0.6) is 0 Å². The van der Waals surface area contributed by atoms with Gasteiger partial charge in [0.2, 0.25) is 11.6 Å². The molecule has 0 amide bonds. The van der Waals surface area contributed by atoms with Crippen LogP contribution in [0.2, 0.25) is 0 Å². The van der Waals surface area contributed by atoms with Gasteiger partial charge in [-0.1, -0.05) is 24.3 Å². The van der Waals surface area contributed by atoms with Gasteiger partial charge in [0, 0.05) is 12.0 Å². The Balaban J connectivity index is 2.62. The maximum atomic E-state index is 11.3. The third kappa shape index (κ3) is 1.09. The number of benzene rings is 1. The van der Waals surface area contributed by atoms with E-state index in [2.05, 4.69) is 0 Å². The molecule has 64 valence electrons. The van der Waals surface area contributed by atoms with Crippen molar-refractivity contribution < 1.29 is 14.4 Å². The molecule has 13 heavy (non-hydrogen) atoms. The number of Topliss-reactive ketones (excluding diaryl/α,β-unsaturated/α-hetero) is 3. The van der Waals surface area contributed by atoms with E-state index in [9.17, 15) is 14.4 Å². The van der Waals surface area contributed by atoms with E-state index >= 15 is 0 Å². The number of fused-ring (bicyclic) bond motifs is 1. The quantitative estimate of drug-likeness (QED) is 0.540. The van der Waals surface area contributed by atoms with Gasteiger partial charge in [0.25, 0.3) is 5.78 Å². The van der Waals surface area contributed by atoms with Crippen molar-refractivity contribution in [1.82, 2.24) is 0 Å². The molecule has 0 bridgehead atoms. The van der Waals surface area contributed by atoms with Gasteiger partial charge < -0.3 is 0 Å². The third-order valence-corrected chi connectivity index (χ3v) is 2.07. The molecule has 0 unspecified atom stereocenters. The summed E-state index contributed by atoms with van der Waals surface area (Å²) in [4.78, 5) is 33.2. The van der Waals surface area contributed by atoms with Crippen LogP contribution in [0.1, 0.15) is 15.9 Å². The Labute approximate surface area is 74.4 Å². The zero-order valence-electron chi connectivity index (χ0n) is 6.74. The van der Waals surface area contributed by atoms with Crippen molar-refractivity contribution in [3.63, 3.8) is 0 Å². The lowest BCUT2D eigenvalue weighted by Crippen LogP contribution is -2.31. The van der Waals surface area contributed by atoms with Gasteiger partial charge in [-0.15, -0.1) is 0 Å². The monoisotopic (exact) mass is 174 g/mol. The summed E-state index contributed by atoms with van der Waals surface area (Å²) < 4.78 is 0. The zero-order valence-corrected chi connectivity index (χ0v) is 6.74. The van der Waals surface area contributed by atoms with Gasteiger partial charge in [-0.3, -0.25) is 14.4 Å². The largest absolute Gasteiger partial charge is 0.290 e. The fourth-order valence-electron chi connectivity index (χ4n) is 1.40. The number of rotatable bonds is 0. The van der Waals surface area contributed by atoms with Crippen LogP contribution in [-0.4, -0.2) is 17.3 Å². The molecule has 0 N–H and O–H groups in total. The fraction of sp³-hybridized carbons (Fsp3) is 0.100. The summed E-state index contributed by atoms with van der Waals surface area (Å²) in [6.45, 7) is 0. The summed E-state index contributed by atoms with van der Waals surface area (Å²) in [6, 6.07) is 6.69. The highest BCUT2D eigenvalue weighted by Crippen LogP contribution is 2.16. The van der Waals surface area contributed by atoms with E-state index in [1.165, 1.54) is 0 Å². The van der Waals surface area contributed by atoms with Crippen LogP contribution in [0.25, 0.3) is 0 Å². The molecule has 0 heterocycles. The molecule has 1 aliphatic rings. The van der Waals surface area contributed by atoms with Crippen molar-refractivity contribution >= 4 is 17.3 Å². The molecule has 0 radical (unpaired) electrons. The summed E-state index contributed by atoms with van der Waals surface area (Å²) in [5.74, 6) is -2.17. The van der Waals surface area contributed by atoms with Gasteiger partial charge in [0.05, 0.1) is 0 Å². The molecular formula is C10H6O3. The van der Waals surface area contributed by atoms with Gasteiger partial charge in [-0.05, 0) is 5.56 Å². The maximum Gasteiger partial charge on any atom is 0.269 e. The number of ketones is 3. The molecular weight excluding hydrogens is 168 g/mol. The van der Waals surface area contributed by atoms with Crippen LogP contribution in [0.3, 0.4) is 0 Å². The van der Waals surface area contributed by atoms with Gasteiger partial charge in [-0.25, -0.2) is 0 Å². The normalized spacial score (nSPS) is 15.8. The highest BCUT2D eigenvalue weighted by molar-refractivity contribution is 6.68. The molecule has 3 nitrogen and oxygen atoms in total. The standard InChI is InChI=1S/C10H6O3/c11-8-5-6-3-1-2-4-7(6)9(12)10(8)13/h1-4H,5H2. The first-order valence-corrected chi connectivity index (χ1v) is 3.90. The molecule has 3 heteroatoms. The summed E-state index contributed by atoms with van der Waals surface area (Å²) in [7, 11) is 0. The Morgan fingerprint density at radius 3 is 2.38 bits per heavy atom. The minimum absolute atomic E-state index is 0.0563. The van der Waals surface area contributed by atoms with Crippen LogP contribution in [-0.2, 0) is 16.0 Å². The van der Waals surface area contributed by atoms with Crippen molar-refractivity contribution in [3.8, 4) is 0 Å². The minimum atomic E-state index is -0.890. The van der Waals surface area contributed by atoms with Crippen LogP contribution in [0.15, 0.2) is 24.3 Å². The Kier molecular flexibility index (Phi) is 1.59. The van der Waals surface area contributed by atoms with Crippen LogP contribution < -0.4 is 0 Å². The Bertz CT molecular complexity index is 418. The summed E-state index contributed by atoms with van der Waals surface area (Å²) >= 11 is 0. The topological polar surface area (TPSA) is 51.2 Å². The Morgan fingerprint density at radius 1 is 0.923 bits per heavy atom. The summed E-state index contributed by atoms with van der Waals surface area (Å²) in [6.07, 6.45) is 0.0563. The number of carbonyl (C=O) groups is 3. The Morgan fingerprint density at radius 2 is 1.62 bits per heavy atom. The summed E-state index contributed by atoms with van der Waals surface area (Å²) in [5, 5.41) is 0. The zero-order chi connectivity index (χ0) is 9.42. The van der Waals surface area contributed by atoms with Crippen molar-refractivity contribution in [3.05, 3.63) is 35.4 Å². The molecule has 0 saturated carbocycles. The van der Waals surface area contributed by atoms with E-state index in [4.69, 9.17) is 0 Å². The average molecular weight is 174 g/mol. The second-order valence-electron chi connectivity index (χ2n) is 2.92. The first kappa shape index (κ1) is 7.86. The fourth-order valence-corrected chi connectivity index (χ4v) is 1.40. The maximum absolute atomic E-state index is 11.3. The van der Waals surface area contributed by atoms with Crippen molar-refractivity contribution in [1.29, 1.82) is 0 Å². The van der Waals surface area contributed by atoms with Gasteiger partial charge in [0.15, 0.2) is 0 Å². The van der Waals surface area contributed by atoms with E-state index in [1.807, 2.05) is 0 Å². The molecule has 0 aromatic heterocycles.